The topological polar surface area (TPSA) is 18.5 Å². The van der Waals surface area contributed by atoms with Crippen molar-refractivity contribution < 1.29 is 9.47 Å². The van der Waals surface area contributed by atoms with Crippen molar-refractivity contribution in [3.8, 4) is 33.8 Å². The molecule has 0 fully saturated rings. The molecule has 2 aliphatic rings. The predicted molar refractivity (Wildman–Crippen MR) is 247 cm³/mol. The Kier molecular flexibility index (Phi) is 10.1. The van der Waals surface area contributed by atoms with Crippen LogP contribution in [0.4, 0.5) is 0 Å². The lowest BCUT2D eigenvalue weighted by molar-refractivity contribution is 0.399. The van der Waals surface area contributed by atoms with Crippen molar-refractivity contribution in [2.24, 2.45) is 0 Å². The molecule has 0 radical (unpaired) electrons. The van der Waals surface area contributed by atoms with Crippen LogP contribution in [0.1, 0.15) is 125 Å². The Hall–Kier alpha value is -4.12. The van der Waals surface area contributed by atoms with Gasteiger partial charge in [-0.15, -0.1) is 11.3 Å². The number of hydrogen-bond acceptors (Lipinski definition) is 3. The zero-order valence-electron chi connectivity index (χ0n) is 36.8. The monoisotopic (exact) mass is 778 g/mol. The Labute approximate surface area is 342 Å². The van der Waals surface area contributed by atoms with Gasteiger partial charge in [-0.3, -0.25) is 0 Å². The lowest BCUT2D eigenvalue weighted by atomic mass is 9.81. The summed E-state index contributed by atoms with van der Waals surface area (Å²) in [7, 11) is 1.36. The number of ether oxygens (including phenoxy) is 2. The Morgan fingerprint density at radius 2 is 0.982 bits per heavy atom. The summed E-state index contributed by atoms with van der Waals surface area (Å²) in [5.74, 6) is 2.01. The van der Waals surface area contributed by atoms with Gasteiger partial charge in [-0.2, -0.15) is 0 Å². The SMILES string of the molecule is COc1c(C(C)(C)C)cc2c(c1-c1cc(C)cc(C)c1)C=C(C)C2[Si](C)(C)C1C(c2ccc(C)s2)=Cc2c1cc(C(C)(C)C)c(OC)c2-c1cc(C)cc(C)c1. The number of aryl methyl sites for hydroxylation is 5. The van der Waals surface area contributed by atoms with Crippen LogP contribution in [0, 0.1) is 34.6 Å². The van der Waals surface area contributed by atoms with Crippen LogP contribution in [-0.4, -0.2) is 22.3 Å². The molecule has 4 heteroatoms. The van der Waals surface area contributed by atoms with Crippen molar-refractivity contribution in [3.05, 3.63) is 132 Å². The van der Waals surface area contributed by atoms with E-state index in [2.05, 4.69) is 169 Å². The molecular weight excluding hydrogens is 717 g/mol. The van der Waals surface area contributed by atoms with Crippen molar-refractivity contribution in [2.75, 3.05) is 14.2 Å². The minimum absolute atomic E-state index is 0.112. The standard InChI is InChI=1S/C52H62O2SSi/c1-29-19-30(2)22-35(21-29)45-37-25-33(5)49(39(37)27-42(47(45)53-13)51(7,8)9)56(15,16)50-40-28-43(52(10,11)12)48(54-14)46(36-23-31(3)20-32(4)24-36)38(40)26-41(50)44-18-17-34(6)55-44/h17-28,49-50H,1-16H3. The maximum Gasteiger partial charge on any atom is 0.131 e. The maximum atomic E-state index is 6.49. The van der Waals surface area contributed by atoms with Gasteiger partial charge in [0, 0.05) is 43.1 Å². The fourth-order valence-electron chi connectivity index (χ4n) is 10.3. The molecule has 0 aliphatic heterocycles. The first-order valence-electron chi connectivity index (χ1n) is 20.3. The van der Waals surface area contributed by atoms with E-state index in [0.717, 1.165) is 11.5 Å². The molecule has 56 heavy (non-hydrogen) atoms. The number of rotatable bonds is 7. The van der Waals surface area contributed by atoms with E-state index in [1.54, 1.807) is 0 Å². The molecule has 0 saturated heterocycles. The van der Waals surface area contributed by atoms with Gasteiger partial charge in [0.2, 0.25) is 0 Å². The number of thiophene rings is 1. The zero-order chi connectivity index (χ0) is 40.8. The van der Waals surface area contributed by atoms with Crippen molar-refractivity contribution in [2.45, 2.75) is 118 Å². The Balaban J connectivity index is 1.56. The van der Waals surface area contributed by atoms with Crippen LogP contribution in [0.3, 0.4) is 0 Å². The first-order valence-corrected chi connectivity index (χ1v) is 24.3. The van der Waals surface area contributed by atoms with Gasteiger partial charge < -0.3 is 9.47 Å². The lowest BCUT2D eigenvalue weighted by Crippen LogP contribution is -2.42. The second-order valence-corrected chi connectivity index (χ2v) is 25.6. The summed E-state index contributed by atoms with van der Waals surface area (Å²) in [5, 5.41) is 0. The number of benzene rings is 4. The Morgan fingerprint density at radius 3 is 1.38 bits per heavy atom. The molecule has 2 nitrogen and oxygen atoms in total. The molecule has 7 rings (SSSR count). The molecule has 5 aromatic rings. The molecule has 4 aromatic carbocycles. The number of hydrogen-bond donors (Lipinski definition) is 0. The average Bonchev–Trinajstić information content (AvgIpc) is 3.79. The number of allylic oxidation sites excluding steroid dienone is 2. The van der Waals surface area contributed by atoms with E-state index in [0.29, 0.717) is 5.54 Å². The van der Waals surface area contributed by atoms with Gasteiger partial charge in [-0.1, -0.05) is 137 Å². The minimum Gasteiger partial charge on any atom is -0.496 e. The number of methoxy groups -OCH3 is 2. The average molecular weight is 779 g/mol. The first kappa shape index (κ1) is 40.1. The molecule has 0 N–H and O–H groups in total. The van der Waals surface area contributed by atoms with Crippen LogP contribution in [-0.2, 0) is 10.8 Å². The molecule has 1 heterocycles. The van der Waals surface area contributed by atoms with Crippen LogP contribution in [0.25, 0.3) is 40.0 Å². The highest BCUT2D eigenvalue weighted by molar-refractivity contribution is 7.13. The van der Waals surface area contributed by atoms with E-state index >= 15 is 0 Å². The highest BCUT2D eigenvalue weighted by Gasteiger charge is 2.50. The molecule has 2 unspecified atom stereocenters. The smallest absolute Gasteiger partial charge is 0.131 e. The van der Waals surface area contributed by atoms with Gasteiger partial charge in [-0.05, 0) is 110 Å². The second kappa shape index (κ2) is 14.1. The summed E-state index contributed by atoms with van der Waals surface area (Å²) in [4.78, 5) is 2.73. The maximum absolute atomic E-state index is 6.49. The molecule has 0 amide bonds. The van der Waals surface area contributed by atoms with Gasteiger partial charge in [0.25, 0.3) is 0 Å². The van der Waals surface area contributed by atoms with E-state index < -0.39 is 8.07 Å². The van der Waals surface area contributed by atoms with E-state index in [-0.39, 0.29) is 16.4 Å². The molecule has 0 saturated carbocycles. The predicted octanol–water partition coefficient (Wildman–Crippen LogP) is 14.9. The summed E-state index contributed by atoms with van der Waals surface area (Å²) < 4.78 is 12.9. The van der Waals surface area contributed by atoms with Crippen LogP contribution < -0.4 is 9.47 Å². The Bertz CT molecular complexity index is 2420. The Morgan fingerprint density at radius 1 is 0.554 bits per heavy atom. The van der Waals surface area contributed by atoms with E-state index in [1.807, 2.05) is 25.6 Å². The van der Waals surface area contributed by atoms with Crippen molar-refractivity contribution in [1.29, 1.82) is 0 Å². The molecule has 0 spiro atoms. The van der Waals surface area contributed by atoms with E-state index in [9.17, 15) is 0 Å². The van der Waals surface area contributed by atoms with Gasteiger partial charge in [0.1, 0.15) is 11.5 Å². The van der Waals surface area contributed by atoms with Crippen LogP contribution in [0.15, 0.2) is 66.2 Å². The third kappa shape index (κ3) is 6.75. The van der Waals surface area contributed by atoms with Crippen molar-refractivity contribution >= 4 is 37.1 Å². The third-order valence-corrected chi connectivity index (χ3v) is 17.7. The van der Waals surface area contributed by atoms with Crippen molar-refractivity contribution in [3.63, 3.8) is 0 Å². The number of fused-ring (bicyclic) bond motifs is 2. The first-order chi connectivity index (χ1) is 26.1. The summed E-state index contributed by atoms with van der Waals surface area (Å²) in [6, 6.07) is 23.7. The molecule has 1 aromatic heterocycles. The van der Waals surface area contributed by atoms with Gasteiger partial charge >= 0.3 is 0 Å². The summed E-state index contributed by atoms with van der Waals surface area (Å²) in [5.41, 5.74) is 21.4. The third-order valence-electron chi connectivity index (χ3n) is 12.3. The molecule has 292 valence electrons. The molecule has 0 bridgehead atoms. The molecule has 2 atom stereocenters. The van der Waals surface area contributed by atoms with E-state index in [1.165, 1.54) is 98.8 Å². The van der Waals surface area contributed by atoms with Crippen LogP contribution in [0.2, 0.25) is 13.1 Å². The van der Waals surface area contributed by atoms with Gasteiger partial charge in [0.15, 0.2) is 0 Å². The summed E-state index contributed by atoms with van der Waals surface area (Å²) >= 11 is 1.94. The zero-order valence-corrected chi connectivity index (χ0v) is 38.6. The van der Waals surface area contributed by atoms with Crippen molar-refractivity contribution in [1.82, 2.24) is 0 Å². The molecule has 2 aliphatic carbocycles. The fraction of sp³-hybridized carbons (Fsp3) is 0.385. The van der Waals surface area contributed by atoms with Crippen LogP contribution >= 0.6 is 11.3 Å². The normalized spacial score (nSPS) is 16.8. The highest BCUT2D eigenvalue weighted by Crippen LogP contribution is 2.60. The summed E-state index contributed by atoms with van der Waals surface area (Å²) in [6.45, 7) is 32.8. The lowest BCUT2D eigenvalue weighted by Gasteiger charge is -2.40. The highest BCUT2D eigenvalue weighted by atomic mass is 32.1. The quantitative estimate of drug-likeness (QED) is 0.153. The summed E-state index contributed by atoms with van der Waals surface area (Å²) in [6.07, 6.45) is 5.08. The minimum atomic E-state index is -2.36. The van der Waals surface area contributed by atoms with Crippen LogP contribution in [0.5, 0.6) is 11.5 Å². The van der Waals surface area contributed by atoms with Gasteiger partial charge in [0.05, 0.1) is 22.3 Å². The largest absolute Gasteiger partial charge is 0.496 e. The fourth-order valence-corrected chi connectivity index (χ4v) is 16.0. The molecular formula is C52H62O2SSi. The van der Waals surface area contributed by atoms with Gasteiger partial charge in [-0.25, -0.2) is 0 Å². The second-order valence-electron chi connectivity index (χ2n) is 19.5. The van der Waals surface area contributed by atoms with E-state index in [4.69, 9.17) is 9.47 Å².